The third-order valence-electron chi connectivity index (χ3n) is 1.94. The highest BCUT2D eigenvalue weighted by molar-refractivity contribution is 5.28. The highest BCUT2D eigenvalue weighted by Gasteiger charge is 2.06. The van der Waals surface area contributed by atoms with Gasteiger partial charge in [-0.25, -0.2) is 0 Å². The van der Waals surface area contributed by atoms with E-state index in [1.165, 1.54) is 4.57 Å². The number of rotatable bonds is 1. The van der Waals surface area contributed by atoms with Crippen LogP contribution in [0.4, 0.5) is 0 Å². The van der Waals surface area contributed by atoms with Gasteiger partial charge in [-0.3, -0.25) is 9.36 Å². The normalized spacial score (nSPS) is 10.2. The van der Waals surface area contributed by atoms with E-state index in [0.717, 1.165) is 5.56 Å². The Morgan fingerprint density at radius 2 is 2.00 bits per heavy atom. The van der Waals surface area contributed by atoms with Crippen molar-refractivity contribution in [3.05, 3.63) is 27.5 Å². The molecule has 0 saturated heterocycles. The van der Waals surface area contributed by atoms with E-state index in [1.807, 2.05) is 6.92 Å². The lowest BCUT2D eigenvalue weighted by Gasteiger charge is -2.08. The van der Waals surface area contributed by atoms with Gasteiger partial charge in [-0.05, 0) is 26.8 Å². The predicted molar refractivity (Wildman–Crippen MR) is 47.5 cm³/mol. The van der Waals surface area contributed by atoms with Crippen LogP contribution in [-0.4, -0.2) is 9.67 Å². The second-order valence-electron chi connectivity index (χ2n) is 2.88. The second-order valence-corrected chi connectivity index (χ2v) is 2.88. The van der Waals surface area contributed by atoms with Crippen molar-refractivity contribution in [2.75, 3.05) is 0 Å². The molecule has 0 fully saturated rings. The Labute approximate surface area is 71.3 Å². The van der Waals surface area contributed by atoms with Crippen molar-refractivity contribution >= 4 is 0 Å². The fraction of sp³-hybridized carbons (Fsp3) is 0.444. The first kappa shape index (κ1) is 8.84. The Kier molecular flexibility index (Phi) is 2.22. The van der Waals surface area contributed by atoms with Crippen molar-refractivity contribution in [2.45, 2.75) is 27.3 Å². The van der Waals surface area contributed by atoms with Crippen LogP contribution in [0.15, 0.2) is 10.9 Å². The van der Waals surface area contributed by atoms with Crippen molar-refractivity contribution in [3.63, 3.8) is 0 Å². The van der Waals surface area contributed by atoms with Gasteiger partial charge in [-0.15, -0.1) is 0 Å². The maximum atomic E-state index is 11.4. The van der Waals surface area contributed by atoms with Gasteiger partial charge < -0.3 is 5.11 Å². The lowest BCUT2D eigenvalue weighted by molar-refractivity contribution is 0.406. The zero-order valence-corrected chi connectivity index (χ0v) is 7.59. The Morgan fingerprint density at radius 3 is 2.50 bits per heavy atom. The summed E-state index contributed by atoms with van der Waals surface area (Å²) in [7, 11) is 0. The monoisotopic (exact) mass is 167 g/mol. The summed E-state index contributed by atoms with van der Waals surface area (Å²) in [5.41, 5.74) is 1.31. The summed E-state index contributed by atoms with van der Waals surface area (Å²) in [6.45, 7) is 5.88. The Hall–Kier alpha value is -1.25. The molecule has 0 aliphatic heterocycles. The van der Waals surface area contributed by atoms with Crippen LogP contribution in [0, 0.1) is 13.8 Å². The number of hydrogen-bond donors (Lipinski definition) is 1. The molecule has 1 aromatic heterocycles. The zero-order chi connectivity index (χ0) is 9.30. The Morgan fingerprint density at radius 1 is 1.42 bits per heavy atom. The van der Waals surface area contributed by atoms with Crippen LogP contribution < -0.4 is 5.56 Å². The average molecular weight is 167 g/mol. The average Bonchev–Trinajstić information content (AvgIpc) is 2.02. The molecule has 0 saturated carbocycles. The molecule has 0 radical (unpaired) electrons. The van der Waals surface area contributed by atoms with Crippen molar-refractivity contribution in [3.8, 4) is 5.88 Å². The fourth-order valence-corrected chi connectivity index (χ4v) is 1.27. The fourth-order valence-electron chi connectivity index (χ4n) is 1.27. The summed E-state index contributed by atoms with van der Waals surface area (Å²) in [5, 5.41) is 9.47. The maximum absolute atomic E-state index is 11.4. The lowest BCUT2D eigenvalue weighted by atomic mass is 10.2. The standard InChI is InChI=1S/C9H13NO2/c1-4-10-8(11)6(2)5-7(3)9(10)12/h5,11H,4H2,1-3H3. The molecule has 1 aromatic rings. The SMILES string of the molecule is CCn1c(O)c(C)cc(C)c1=O. The summed E-state index contributed by atoms with van der Waals surface area (Å²) in [6, 6.07) is 1.70. The minimum Gasteiger partial charge on any atom is -0.494 e. The van der Waals surface area contributed by atoms with Gasteiger partial charge in [-0.1, -0.05) is 0 Å². The van der Waals surface area contributed by atoms with Gasteiger partial charge in [0.15, 0.2) is 5.88 Å². The quantitative estimate of drug-likeness (QED) is 0.682. The molecular formula is C9H13NO2. The van der Waals surface area contributed by atoms with E-state index in [4.69, 9.17) is 0 Å². The molecule has 0 atom stereocenters. The molecule has 0 bridgehead atoms. The van der Waals surface area contributed by atoms with E-state index >= 15 is 0 Å². The predicted octanol–water partition coefficient (Wildman–Crippen LogP) is 1.19. The molecule has 12 heavy (non-hydrogen) atoms. The summed E-state index contributed by atoms with van der Waals surface area (Å²) >= 11 is 0. The first-order valence-corrected chi connectivity index (χ1v) is 3.98. The van der Waals surface area contributed by atoms with Gasteiger partial charge >= 0.3 is 0 Å². The molecule has 0 spiro atoms. The molecule has 1 N–H and O–H groups in total. The minimum absolute atomic E-state index is 0.0769. The van der Waals surface area contributed by atoms with Crippen LogP contribution in [0.1, 0.15) is 18.1 Å². The number of nitrogens with zero attached hydrogens (tertiary/aromatic N) is 1. The third-order valence-corrected chi connectivity index (χ3v) is 1.94. The highest BCUT2D eigenvalue weighted by atomic mass is 16.3. The largest absolute Gasteiger partial charge is 0.494 e. The van der Waals surface area contributed by atoms with Gasteiger partial charge in [0, 0.05) is 17.7 Å². The molecule has 1 rings (SSSR count). The van der Waals surface area contributed by atoms with E-state index < -0.39 is 0 Å². The smallest absolute Gasteiger partial charge is 0.256 e. The molecule has 3 heteroatoms. The Bertz CT molecular complexity index is 352. The highest BCUT2D eigenvalue weighted by Crippen LogP contribution is 2.13. The van der Waals surface area contributed by atoms with Crippen LogP contribution in [0.5, 0.6) is 5.88 Å². The second kappa shape index (κ2) is 3.01. The molecule has 0 amide bonds. The van der Waals surface area contributed by atoms with E-state index in [2.05, 4.69) is 0 Å². The molecule has 0 aromatic carbocycles. The molecular weight excluding hydrogens is 154 g/mol. The van der Waals surface area contributed by atoms with Gasteiger partial charge in [-0.2, -0.15) is 0 Å². The maximum Gasteiger partial charge on any atom is 0.256 e. The van der Waals surface area contributed by atoms with Crippen LogP contribution in [0.25, 0.3) is 0 Å². The van der Waals surface area contributed by atoms with E-state index in [-0.39, 0.29) is 11.4 Å². The van der Waals surface area contributed by atoms with E-state index in [9.17, 15) is 9.90 Å². The molecule has 0 aliphatic carbocycles. The van der Waals surface area contributed by atoms with Gasteiger partial charge in [0.05, 0.1) is 0 Å². The lowest BCUT2D eigenvalue weighted by Crippen LogP contribution is -2.21. The number of aromatic hydroxyl groups is 1. The van der Waals surface area contributed by atoms with Crippen molar-refractivity contribution in [1.29, 1.82) is 0 Å². The summed E-state index contributed by atoms with van der Waals surface area (Å²) in [6.07, 6.45) is 0. The summed E-state index contributed by atoms with van der Waals surface area (Å²) in [4.78, 5) is 11.4. The molecule has 3 nitrogen and oxygen atoms in total. The van der Waals surface area contributed by atoms with Gasteiger partial charge in [0.25, 0.3) is 5.56 Å². The third kappa shape index (κ3) is 1.22. The molecule has 0 aliphatic rings. The van der Waals surface area contributed by atoms with Crippen molar-refractivity contribution in [2.24, 2.45) is 0 Å². The molecule has 66 valence electrons. The van der Waals surface area contributed by atoms with Crippen molar-refractivity contribution in [1.82, 2.24) is 4.57 Å². The molecule has 0 unspecified atom stereocenters. The number of aromatic nitrogens is 1. The van der Waals surface area contributed by atoms with Gasteiger partial charge in [0.1, 0.15) is 0 Å². The topological polar surface area (TPSA) is 42.2 Å². The van der Waals surface area contributed by atoms with E-state index in [1.54, 1.807) is 19.9 Å². The first-order valence-electron chi connectivity index (χ1n) is 3.98. The molecule has 1 heterocycles. The van der Waals surface area contributed by atoms with Crippen LogP contribution in [-0.2, 0) is 6.54 Å². The summed E-state index contributed by atoms with van der Waals surface area (Å²) in [5.74, 6) is 0.0769. The Balaban J connectivity index is 3.53. The minimum atomic E-state index is -0.111. The van der Waals surface area contributed by atoms with Crippen LogP contribution in [0.3, 0.4) is 0 Å². The summed E-state index contributed by atoms with van der Waals surface area (Å²) < 4.78 is 1.37. The number of aryl methyl sites for hydroxylation is 2. The number of pyridine rings is 1. The van der Waals surface area contributed by atoms with Crippen molar-refractivity contribution < 1.29 is 5.11 Å². The van der Waals surface area contributed by atoms with Crippen LogP contribution >= 0.6 is 0 Å². The first-order chi connectivity index (χ1) is 5.57. The van der Waals surface area contributed by atoms with E-state index in [0.29, 0.717) is 12.1 Å². The zero-order valence-electron chi connectivity index (χ0n) is 7.59. The van der Waals surface area contributed by atoms with Crippen LogP contribution in [0.2, 0.25) is 0 Å². The number of hydrogen-bond acceptors (Lipinski definition) is 2. The van der Waals surface area contributed by atoms with Gasteiger partial charge in [0.2, 0.25) is 0 Å².